The molecule has 1 atom stereocenters. The second kappa shape index (κ2) is 6.51. The van der Waals surface area contributed by atoms with Crippen molar-refractivity contribution in [2.45, 2.75) is 30.3 Å². The highest BCUT2D eigenvalue weighted by Gasteiger charge is 2.36. The fourth-order valence-electron chi connectivity index (χ4n) is 1.74. The lowest BCUT2D eigenvalue weighted by Crippen LogP contribution is -2.18. The zero-order valence-electron chi connectivity index (χ0n) is 11.8. The average molecular weight is 330 g/mol. The summed E-state index contributed by atoms with van der Waals surface area (Å²) < 4.78 is 43.5. The minimum atomic E-state index is -4.65. The number of ether oxygens (including phenoxy) is 1. The van der Waals surface area contributed by atoms with E-state index in [0.29, 0.717) is 5.39 Å². The topological polar surface area (TPSA) is 52.1 Å². The van der Waals surface area contributed by atoms with Gasteiger partial charge in [0.25, 0.3) is 0 Å². The highest BCUT2D eigenvalue weighted by molar-refractivity contribution is 8.00. The molecule has 1 aromatic heterocycles. The fourth-order valence-corrected chi connectivity index (χ4v) is 2.68. The quantitative estimate of drug-likeness (QED) is 0.486. The summed E-state index contributed by atoms with van der Waals surface area (Å²) in [5.74, 6) is -1.71. The summed E-state index contributed by atoms with van der Waals surface area (Å²) in [6.07, 6.45) is -4.65. The highest BCUT2D eigenvalue weighted by Crippen LogP contribution is 2.33. The summed E-state index contributed by atoms with van der Waals surface area (Å²) in [6.45, 7) is 3.44. The Morgan fingerprint density at radius 1 is 1.32 bits per heavy atom. The van der Waals surface area contributed by atoms with E-state index in [1.165, 1.54) is 6.07 Å². The molecule has 0 N–H and O–H groups in total. The Balaban J connectivity index is 2.45. The summed E-state index contributed by atoms with van der Waals surface area (Å²) in [7, 11) is 0. The standard InChI is InChI=1S/C14H13F3N2O2S/c1-3-21-12(20)8(2)22-11-9-6-4-5-7-10(9)18-13(19-11)14(15,16)17/h4-8H,3H2,1-2H3. The number of fused-ring (bicyclic) bond motifs is 1. The maximum atomic E-state index is 12.9. The van der Waals surface area contributed by atoms with Crippen molar-refractivity contribution in [1.29, 1.82) is 0 Å². The van der Waals surface area contributed by atoms with Crippen LogP contribution in [-0.2, 0) is 15.7 Å². The summed E-state index contributed by atoms with van der Waals surface area (Å²) in [5.41, 5.74) is 0.184. The van der Waals surface area contributed by atoms with E-state index in [4.69, 9.17) is 4.74 Å². The predicted octanol–water partition coefficient (Wildman–Crippen LogP) is 3.69. The molecule has 0 bridgehead atoms. The number of hydrogen-bond donors (Lipinski definition) is 0. The van der Waals surface area contributed by atoms with Crippen LogP contribution >= 0.6 is 11.8 Å². The first-order valence-electron chi connectivity index (χ1n) is 6.50. The molecule has 0 spiro atoms. The average Bonchev–Trinajstić information content (AvgIpc) is 2.46. The molecule has 1 heterocycles. The van der Waals surface area contributed by atoms with E-state index in [0.717, 1.165) is 11.8 Å². The van der Waals surface area contributed by atoms with Gasteiger partial charge in [0, 0.05) is 5.39 Å². The van der Waals surface area contributed by atoms with Gasteiger partial charge in [-0.25, -0.2) is 9.97 Å². The van der Waals surface area contributed by atoms with Crippen molar-refractivity contribution in [2.24, 2.45) is 0 Å². The van der Waals surface area contributed by atoms with Gasteiger partial charge in [-0.1, -0.05) is 30.0 Å². The van der Waals surface area contributed by atoms with E-state index in [9.17, 15) is 18.0 Å². The number of rotatable bonds is 4. The molecular weight excluding hydrogens is 317 g/mol. The van der Waals surface area contributed by atoms with Crippen LogP contribution in [0, 0.1) is 0 Å². The zero-order valence-corrected chi connectivity index (χ0v) is 12.7. The molecule has 1 unspecified atom stereocenters. The van der Waals surface area contributed by atoms with Crippen molar-refractivity contribution in [1.82, 2.24) is 9.97 Å². The van der Waals surface area contributed by atoms with Crippen LogP contribution < -0.4 is 0 Å². The number of aromatic nitrogens is 2. The lowest BCUT2D eigenvalue weighted by molar-refractivity contribution is -0.145. The van der Waals surface area contributed by atoms with Crippen molar-refractivity contribution in [3.8, 4) is 0 Å². The number of alkyl halides is 3. The molecule has 8 heteroatoms. The third-order valence-electron chi connectivity index (χ3n) is 2.73. The molecule has 118 valence electrons. The third kappa shape index (κ3) is 3.68. The first-order valence-corrected chi connectivity index (χ1v) is 7.38. The second-order valence-electron chi connectivity index (χ2n) is 4.38. The van der Waals surface area contributed by atoms with Gasteiger partial charge in [0.05, 0.1) is 12.1 Å². The lowest BCUT2D eigenvalue weighted by Gasteiger charge is -2.13. The number of halogens is 3. The van der Waals surface area contributed by atoms with Gasteiger partial charge in [-0.05, 0) is 19.9 Å². The van der Waals surface area contributed by atoms with Crippen molar-refractivity contribution in [3.05, 3.63) is 30.1 Å². The van der Waals surface area contributed by atoms with Crippen LogP contribution in [0.25, 0.3) is 10.9 Å². The molecular formula is C14H13F3N2O2S. The first-order chi connectivity index (χ1) is 10.3. The molecule has 1 aromatic carbocycles. The Kier molecular flexibility index (Phi) is 4.90. The Morgan fingerprint density at radius 2 is 2.00 bits per heavy atom. The van der Waals surface area contributed by atoms with Crippen LogP contribution in [0.2, 0.25) is 0 Å². The van der Waals surface area contributed by atoms with Crippen molar-refractivity contribution < 1.29 is 22.7 Å². The minimum Gasteiger partial charge on any atom is -0.465 e. The minimum absolute atomic E-state index is 0.110. The van der Waals surface area contributed by atoms with E-state index in [1.54, 1.807) is 32.0 Å². The Morgan fingerprint density at radius 3 is 2.64 bits per heavy atom. The summed E-state index contributed by atoms with van der Waals surface area (Å²) >= 11 is 0.926. The molecule has 4 nitrogen and oxygen atoms in total. The number of nitrogens with zero attached hydrogens (tertiary/aromatic N) is 2. The van der Waals surface area contributed by atoms with Gasteiger partial charge in [0.1, 0.15) is 10.3 Å². The Bertz CT molecular complexity index is 691. The van der Waals surface area contributed by atoms with Crippen molar-refractivity contribution >= 4 is 28.6 Å². The smallest absolute Gasteiger partial charge is 0.451 e. The van der Waals surface area contributed by atoms with Gasteiger partial charge in [0.15, 0.2) is 0 Å². The van der Waals surface area contributed by atoms with Crippen LogP contribution in [0.15, 0.2) is 29.3 Å². The second-order valence-corrected chi connectivity index (χ2v) is 5.71. The summed E-state index contributed by atoms with van der Waals surface area (Å²) in [5, 5.41) is -0.0885. The van der Waals surface area contributed by atoms with Crippen LogP contribution in [0.5, 0.6) is 0 Å². The van der Waals surface area contributed by atoms with E-state index in [-0.39, 0.29) is 17.1 Å². The summed E-state index contributed by atoms with van der Waals surface area (Å²) in [4.78, 5) is 18.8. The number of carbonyl (C=O) groups is 1. The van der Waals surface area contributed by atoms with E-state index < -0.39 is 23.2 Å². The normalized spacial score (nSPS) is 13.1. The van der Waals surface area contributed by atoms with Crippen LogP contribution in [0.1, 0.15) is 19.7 Å². The molecule has 0 radical (unpaired) electrons. The Labute approximate surface area is 129 Å². The SMILES string of the molecule is CCOC(=O)C(C)Sc1nc(C(F)(F)F)nc2ccccc12. The Hall–Kier alpha value is -1.83. The number of esters is 1. The molecule has 0 aliphatic carbocycles. The van der Waals surface area contributed by atoms with Crippen molar-refractivity contribution in [2.75, 3.05) is 6.61 Å². The molecule has 0 fully saturated rings. The maximum Gasteiger partial charge on any atom is 0.451 e. The number of para-hydroxylation sites is 1. The van der Waals surface area contributed by atoms with Gasteiger partial charge in [-0.2, -0.15) is 13.2 Å². The molecule has 22 heavy (non-hydrogen) atoms. The van der Waals surface area contributed by atoms with Crippen LogP contribution in [0.3, 0.4) is 0 Å². The van der Waals surface area contributed by atoms with E-state index in [1.807, 2.05) is 0 Å². The van der Waals surface area contributed by atoms with Gasteiger partial charge in [-0.15, -0.1) is 0 Å². The third-order valence-corrected chi connectivity index (χ3v) is 3.81. The molecule has 0 saturated heterocycles. The van der Waals surface area contributed by atoms with Gasteiger partial charge >= 0.3 is 12.1 Å². The molecule has 0 aliphatic heterocycles. The van der Waals surface area contributed by atoms with Crippen LogP contribution in [0.4, 0.5) is 13.2 Å². The zero-order chi connectivity index (χ0) is 16.3. The molecule has 0 amide bonds. The number of benzene rings is 1. The predicted molar refractivity (Wildman–Crippen MR) is 76.5 cm³/mol. The van der Waals surface area contributed by atoms with Gasteiger partial charge < -0.3 is 4.74 Å². The molecule has 2 rings (SSSR count). The van der Waals surface area contributed by atoms with Gasteiger partial charge in [0.2, 0.25) is 5.82 Å². The monoisotopic (exact) mass is 330 g/mol. The van der Waals surface area contributed by atoms with E-state index in [2.05, 4.69) is 9.97 Å². The van der Waals surface area contributed by atoms with E-state index >= 15 is 0 Å². The highest BCUT2D eigenvalue weighted by atomic mass is 32.2. The number of hydrogen-bond acceptors (Lipinski definition) is 5. The molecule has 0 aliphatic rings. The number of carbonyl (C=O) groups excluding carboxylic acids is 1. The lowest BCUT2D eigenvalue weighted by atomic mass is 10.2. The van der Waals surface area contributed by atoms with Crippen molar-refractivity contribution in [3.63, 3.8) is 0 Å². The summed E-state index contributed by atoms with van der Waals surface area (Å²) in [6, 6.07) is 6.37. The molecule has 2 aromatic rings. The number of thioether (sulfide) groups is 1. The fraction of sp³-hybridized carbons (Fsp3) is 0.357. The first kappa shape index (κ1) is 16.5. The molecule has 0 saturated carbocycles. The largest absolute Gasteiger partial charge is 0.465 e. The van der Waals surface area contributed by atoms with Gasteiger partial charge in [-0.3, -0.25) is 4.79 Å². The van der Waals surface area contributed by atoms with Crippen LogP contribution in [-0.4, -0.2) is 27.8 Å². The maximum absolute atomic E-state index is 12.9.